The number of ether oxygens (including phenoxy) is 4. The molecule has 5 rings (SSSR count). The highest BCUT2D eigenvalue weighted by atomic mass is 16.6. The molecule has 1 atom stereocenters. The first-order valence-corrected chi connectivity index (χ1v) is 11.7. The lowest BCUT2D eigenvalue weighted by Gasteiger charge is -2.31. The molecular weight excluding hydrogens is 452 g/mol. The Morgan fingerprint density at radius 1 is 1.00 bits per heavy atom. The van der Waals surface area contributed by atoms with Crippen molar-refractivity contribution in [1.82, 2.24) is 9.80 Å². The van der Waals surface area contributed by atoms with Gasteiger partial charge in [-0.25, -0.2) is 0 Å². The summed E-state index contributed by atoms with van der Waals surface area (Å²) in [6.07, 6.45) is 0. The van der Waals surface area contributed by atoms with Gasteiger partial charge in [-0.05, 0) is 35.9 Å². The van der Waals surface area contributed by atoms with Gasteiger partial charge in [-0.15, -0.1) is 0 Å². The van der Waals surface area contributed by atoms with Gasteiger partial charge in [0, 0.05) is 31.7 Å². The van der Waals surface area contributed by atoms with Crippen molar-refractivity contribution < 1.29 is 33.6 Å². The van der Waals surface area contributed by atoms with Gasteiger partial charge in [-0.2, -0.15) is 0 Å². The largest absolute Gasteiger partial charge is 0.507 e. The third-order valence-corrected chi connectivity index (χ3v) is 6.53. The normalized spacial score (nSPS) is 21.9. The van der Waals surface area contributed by atoms with Crippen molar-refractivity contribution >= 4 is 17.4 Å². The van der Waals surface area contributed by atoms with Crippen molar-refractivity contribution in [2.24, 2.45) is 0 Å². The first-order valence-electron chi connectivity index (χ1n) is 11.7. The molecule has 9 nitrogen and oxygen atoms in total. The number of hydrogen-bond acceptors (Lipinski definition) is 8. The second-order valence-electron chi connectivity index (χ2n) is 8.58. The quantitative estimate of drug-likeness (QED) is 0.382. The molecule has 1 amide bonds. The van der Waals surface area contributed by atoms with E-state index in [0.29, 0.717) is 67.9 Å². The average Bonchev–Trinajstić information content (AvgIpc) is 3.16. The van der Waals surface area contributed by atoms with Gasteiger partial charge in [0.25, 0.3) is 11.7 Å². The summed E-state index contributed by atoms with van der Waals surface area (Å²) in [5, 5.41) is 11.3. The molecule has 9 heteroatoms. The van der Waals surface area contributed by atoms with Crippen molar-refractivity contribution in [3.05, 3.63) is 59.2 Å². The number of benzene rings is 2. The first kappa shape index (κ1) is 23.2. The number of rotatable bonds is 6. The van der Waals surface area contributed by atoms with Crippen molar-refractivity contribution in [3.8, 4) is 17.2 Å². The number of carbonyl (C=O) groups is 2. The van der Waals surface area contributed by atoms with Crippen LogP contribution in [0.25, 0.3) is 5.76 Å². The number of hydrogen-bond donors (Lipinski definition) is 1. The number of amides is 1. The SMILES string of the molecule is COc1cccc(C2/C(=C(\O)c3ccc4c(c3)OCCO4)C(=O)C(=O)N2CCN2CCOCC2)c1. The second kappa shape index (κ2) is 9.97. The summed E-state index contributed by atoms with van der Waals surface area (Å²) < 4.78 is 22.0. The van der Waals surface area contributed by atoms with Gasteiger partial charge in [-0.3, -0.25) is 14.5 Å². The fraction of sp³-hybridized carbons (Fsp3) is 0.385. The lowest BCUT2D eigenvalue weighted by molar-refractivity contribution is -0.140. The van der Waals surface area contributed by atoms with Gasteiger partial charge in [-0.1, -0.05) is 12.1 Å². The second-order valence-corrected chi connectivity index (χ2v) is 8.58. The Labute approximate surface area is 203 Å². The molecule has 2 aromatic carbocycles. The number of aliphatic hydroxyl groups is 1. The van der Waals surface area contributed by atoms with E-state index in [1.54, 1.807) is 43.5 Å². The Balaban J connectivity index is 1.54. The summed E-state index contributed by atoms with van der Waals surface area (Å²) in [4.78, 5) is 30.2. The molecule has 3 heterocycles. The van der Waals surface area contributed by atoms with Crippen LogP contribution in [0, 0.1) is 0 Å². The third kappa shape index (κ3) is 4.56. The van der Waals surface area contributed by atoms with Gasteiger partial charge in [0.05, 0.1) is 31.9 Å². The summed E-state index contributed by atoms with van der Waals surface area (Å²) in [6, 6.07) is 11.5. The lowest BCUT2D eigenvalue weighted by atomic mass is 9.95. The Morgan fingerprint density at radius 3 is 2.54 bits per heavy atom. The highest BCUT2D eigenvalue weighted by molar-refractivity contribution is 6.46. The van der Waals surface area contributed by atoms with Crippen LogP contribution in [-0.2, 0) is 14.3 Å². The molecule has 2 saturated heterocycles. The summed E-state index contributed by atoms with van der Waals surface area (Å²) in [5.74, 6) is 0.0582. The molecule has 2 aromatic rings. The van der Waals surface area contributed by atoms with Gasteiger partial charge in [0.15, 0.2) is 11.5 Å². The molecule has 3 aliphatic heterocycles. The van der Waals surface area contributed by atoms with E-state index in [-0.39, 0.29) is 11.3 Å². The van der Waals surface area contributed by atoms with Crippen LogP contribution in [0.1, 0.15) is 17.2 Å². The van der Waals surface area contributed by atoms with Gasteiger partial charge >= 0.3 is 0 Å². The van der Waals surface area contributed by atoms with Crippen LogP contribution < -0.4 is 14.2 Å². The predicted octanol–water partition coefficient (Wildman–Crippen LogP) is 2.22. The van der Waals surface area contributed by atoms with E-state index in [1.165, 1.54) is 4.90 Å². The summed E-state index contributed by atoms with van der Waals surface area (Å²) in [5.41, 5.74) is 1.11. The smallest absolute Gasteiger partial charge is 0.295 e. The zero-order valence-electron chi connectivity index (χ0n) is 19.6. The number of nitrogens with zero attached hydrogens (tertiary/aromatic N) is 2. The zero-order valence-corrected chi connectivity index (χ0v) is 19.6. The van der Waals surface area contributed by atoms with Crippen molar-refractivity contribution in [2.75, 3.05) is 59.7 Å². The number of methoxy groups -OCH3 is 1. The molecular formula is C26H28N2O7. The number of likely N-dealkylation sites (tertiary alicyclic amines) is 1. The molecule has 0 aromatic heterocycles. The van der Waals surface area contributed by atoms with Crippen LogP contribution >= 0.6 is 0 Å². The molecule has 2 fully saturated rings. The maximum Gasteiger partial charge on any atom is 0.295 e. The number of aliphatic hydroxyl groups excluding tert-OH is 1. The number of carbonyl (C=O) groups excluding carboxylic acids is 2. The molecule has 3 aliphatic rings. The van der Waals surface area contributed by atoms with E-state index >= 15 is 0 Å². The van der Waals surface area contributed by atoms with E-state index in [2.05, 4.69) is 4.90 Å². The lowest BCUT2D eigenvalue weighted by Crippen LogP contribution is -2.42. The molecule has 0 spiro atoms. The fourth-order valence-electron chi connectivity index (χ4n) is 4.69. The predicted molar refractivity (Wildman–Crippen MR) is 127 cm³/mol. The van der Waals surface area contributed by atoms with Crippen LogP contribution in [0.15, 0.2) is 48.0 Å². The Bertz CT molecular complexity index is 1160. The first-order chi connectivity index (χ1) is 17.1. The highest BCUT2D eigenvalue weighted by Crippen LogP contribution is 2.41. The molecule has 1 N–H and O–H groups in total. The number of fused-ring (bicyclic) bond motifs is 1. The summed E-state index contributed by atoms with van der Waals surface area (Å²) in [6.45, 7) is 4.60. The van der Waals surface area contributed by atoms with E-state index in [9.17, 15) is 14.7 Å². The van der Waals surface area contributed by atoms with E-state index in [1.807, 2.05) is 6.07 Å². The highest BCUT2D eigenvalue weighted by Gasteiger charge is 2.46. The number of Topliss-reactive ketones (excluding diaryl/α,β-unsaturated/α-hetero) is 1. The monoisotopic (exact) mass is 480 g/mol. The topological polar surface area (TPSA) is 97.8 Å². The minimum atomic E-state index is -0.751. The van der Waals surface area contributed by atoms with Crippen LogP contribution in [0.5, 0.6) is 17.2 Å². The fourth-order valence-corrected chi connectivity index (χ4v) is 4.69. The zero-order chi connectivity index (χ0) is 24.4. The van der Waals surface area contributed by atoms with Crippen LogP contribution in [-0.4, -0.2) is 86.3 Å². The number of morpholine rings is 1. The van der Waals surface area contributed by atoms with Crippen molar-refractivity contribution in [1.29, 1.82) is 0 Å². The maximum atomic E-state index is 13.3. The van der Waals surface area contributed by atoms with Crippen molar-refractivity contribution in [2.45, 2.75) is 6.04 Å². The van der Waals surface area contributed by atoms with Gasteiger partial charge in [0.2, 0.25) is 0 Å². The van der Waals surface area contributed by atoms with E-state index < -0.39 is 17.7 Å². The van der Waals surface area contributed by atoms with Gasteiger partial charge < -0.3 is 29.0 Å². The Kier molecular flexibility index (Phi) is 6.61. The van der Waals surface area contributed by atoms with E-state index in [0.717, 1.165) is 13.1 Å². The Hall–Kier alpha value is -3.56. The standard InChI is InChI=1S/C26H28N2O7/c1-32-19-4-2-3-17(15-19)23-22(24(29)18-5-6-20-21(16-18)35-14-13-34-20)25(30)26(31)28(23)8-7-27-9-11-33-12-10-27/h2-6,15-16,23,29H,7-14H2,1H3/b24-22+. The molecule has 0 aliphatic carbocycles. The molecule has 35 heavy (non-hydrogen) atoms. The van der Waals surface area contributed by atoms with Crippen LogP contribution in [0.4, 0.5) is 0 Å². The van der Waals surface area contributed by atoms with Crippen molar-refractivity contribution in [3.63, 3.8) is 0 Å². The number of ketones is 1. The minimum Gasteiger partial charge on any atom is -0.507 e. The van der Waals surface area contributed by atoms with Crippen LogP contribution in [0.3, 0.4) is 0 Å². The minimum absolute atomic E-state index is 0.0434. The molecule has 0 radical (unpaired) electrons. The molecule has 0 saturated carbocycles. The average molecular weight is 481 g/mol. The maximum absolute atomic E-state index is 13.3. The van der Waals surface area contributed by atoms with Crippen LogP contribution in [0.2, 0.25) is 0 Å². The van der Waals surface area contributed by atoms with Gasteiger partial charge in [0.1, 0.15) is 24.7 Å². The molecule has 0 bridgehead atoms. The molecule has 1 unspecified atom stereocenters. The summed E-state index contributed by atoms with van der Waals surface area (Å²) in [7, 11) is 1.56. The summed E-state index contributed by atoms with van der Waals surface area (Å²) >= 11 is 0. The Morgan fingerprint density at radius 2 is 1.77 bits per heavy atom. The van der Waals surface area contributed by atoms with E-state index in [4.69, 9.17) is 18.9 Å². The third-order valence-electron chi connectivity index (χ3n) is 6.53. The molecule has 184 valence electrons.